The molecular weight excluding hydrogens is 399 g/mol. The Kier molecular flexibility index (Phi) is 6.91. The molecule has 0 aromatic heterocycles. The molecule has 30 heavy (non-hydrogen) atoms. The fourth-order valence-corrected chi connectivity index (χ4v) is 2.78. The molecule has 10 heteroatoms. The molecule has 0 spiro atoms. The number of hydrogen-bond donors (Lipinski definition) is 1. The molecule has 9 nitrogen and oxygen atoms in total. The Hall–Kier alpha value is -3.53. The Bertz CT molecular complexity index is 927. The first-order valence-corrected chi connectivity index (χ1v) is 9.18. The van der Waals surface area contributed by atoms with Crippen molar-refractivity contribution in [1.29, 1.82) is 0 Å². The predicted molar refractivity (Wildman–Crippen MR) is 103 cm³/mol. The van der Waals surface area contributed by atoms with E-state index >= 15 is 0 Å². The number of nitro groups is 1. The number of nitrogens with zero attached hydrogens (tertiary/aromatic N) is 1. The predicted octanol–water partition coefficient (Wildman–Crippen LogP) is 3.09. The highest BCUT2D eigenvalue weighted by atomic mass is 19.1. The number of amides is 1. The molecule has 0 aliphatic carbocycles. The van der Waals surface area contributed by atoms with E-state index in [1.807, 2.05) is 0 Å². The minimum atomic E-state index is -0.848. The van der Waals surface area contributed by atoms with E-state index in [9.17, 15) is 24.1 Å². The highest BCUT2D eigenvalue weighted by Crippen LogP contribution is 2.21. The van der Waals surface area contributed by atoms with Crippen molar-refractivity contribution < 1.29 is 33.1 Å². The van der Waals surface area contributed by atoms with Gasteiger partial charge in [-0.25, -0.2) is 9.18 Å². The molecule has 0 unspecified atom stereocenters. The minimum Gasteiger partial charge on any atom is -0.491 e. The SMILES string of the molecule is O=C(COC(=O)c1ccc(OC[C@H]2CCCO2)cc1)Nc1cc([N+](=O)[O-])ccc1F. The number of esters is 1. The molecule has 1 saturated heterocycles. The van der Waals surface area contributed by atoms with E-state index in [1.165, 1.54) is 12.1 Å². The fraction of sp³-hybridized carbons (Fsp3) is 0.300. The molecule has 1 fully saturated rings. The molecule has 0 radical (unpaired) electrons. The number of hydrogen-bond acceptors (Lipinski definition) is 7. The van der Waals surface area contributed by atoms with Gasteiger partial charge in [-0.2, -0.15) is 0 Å². The zero-order chi connectivity index (χ0) is 21.5. The number of rotatable bonds is 8. The molecule has 1 aliphatic heterocycles. The van der Waals surface area contributed by atoms with Gasteiger partial charge in [-0.1, -0.05) is 0 Å². The van der Waals surface area contributed by atoms with Gasteiger partial charge in [-0.15, -0.1) is 0 Å². The smallest absolute Gasteiger partial charge is 0.338 e. The summed E-state index contributed by atoms with van der Waals surface area (Å²) >= 11 is 0. The summed E-state index contributed by atoms with van der Waals surface area (Å²) in [7, 11) is 0. The van der Waals surface area contributed by atoms with Gasteiger partial charge in [0.2, 0.25) is 0 Å². The lowest BCUT2D eigenvalue weighted by atomic mass is 10.2. The van der Waals surface area contributed by atoms with Crippen LogP contribution in [0, 0.1) is 15.9 Å². The van der Waals surface area contributed by atoms with Crippen LogP contribution in [0.2, 0.25) is 0 Å². The van der Waals surface area contributed by atoms with E-state index in [1.54, 1.807) is 12.1 Å². The molecule has 1 aliphatic rings. The van der Waals surface area contributed by atoms with E-state index < -0.39 is 29.2 Å². The lowest BCUT2D eigenvalue weighted by Gasteiger charge is -2.11. The zero-order valence-corrected chi connectivity index (χ0v) is 15.8. The summed E-state index contributed by atoms with van der Waals surface area (Å²) < 4.78 is 29.7. The van der Waals surface area contributed by atoms with Crippen molar-refractivity contribution >= 4 is 23.3 Å². The molecule has 0 bridgehead atoms. The zero-order valence-electron chi connectivity index (χ0n) is 15.8. The number of nitro benzene ring substituents is 1. The van der Waals surface area contributed by atoms with Crippen LogP contribution >= 0.6 is 0 Å². The topological polar surface area (TPSA) is 117 Å². The van der Waals surface area contributed by atoms with Gasteiger partial charge in [0.25, 0.3) is 11.6 Å². The Morgan fingerprint density at radius 1 is 1.23 bits per heavy atom. The van der Waals surface area contributed by atoms with Crippen LogP contribution in [0.5, 0.6) is 5.75 Å². The number of benzene rings is 2. The van der Waals surface area contributed by atoms with E-state index in [4.69, 9.17) is 14.2 Å². The first-order chi connectivity index (χ1) is 14.4. The molecule has 158 valence electrons. The molecule has 2 aromatic rings. The summed E-state index contributed by atoms with van der Waals surface area (Å²) in [5.41, 5.74) is -0.558. The van der Waals surface area contributed by atoms with E-state index in [0.717, 1.165) is 37.6 Å². The largest absolute Gasteiger partial charge is 0.491 e. The number of carbonyl (C=O) groups excluding carboxylic acids is 2. The van der Waals surface area contributed by atoms with Gasteiger partial charge in [0, 0.05) is 18.7 Å². The van der Waals surface area contributed by atoms with Crippen LogP contribution in [-0.4, -0.2) is 42.7 Å². The summed E-state index contributed by atoms with van der Waals surface area (Å²) in [6, 6.07) is 8.90. The summed E-state index contributed by atoms with van der Waals surface area (Å²) in [4.78, 5) is 34.0. The third kappa shape index (κ3) is 5.74. The Balaban J connectivity index is 1.48. The highest BCUT2D eigenvalue weighted by Gasteiger charge is 2.17. The number of anilines is 1. The van der Waals surface area contributed by atoms with E-state index in [0.29, 0.717) is 12.4 Å². The number of ether oxygens (including phenoxy) is 3. The van der Waals surface area contributed by atoms with Crippen LogP contribution in [0.1, 0.15) is 23.2 Å². The molecule has 1 amide bonds. The summed E-state index contributed by atoms with van der Waals surface area (Å²) in [6.07, 6.45) is 2.04. The first-order valence-electron chi connectivity index (χ1n) is 9.18. The average Bonchev–Trinajstić information content (AvgIpc) is 3.26. The van der Waals surface area contributed by atoms with Gasteiger partial charge in [0.15, 0.2) is 6.61 Å². The van der Waals surface area contributed by atoms with Crippen molar-refractivity contribution in [3.8, 4) is 5.75 Å². The van der Waals surface area contributed by atoms with E-state index in [-0.39, 0.29) is 23.0 Å². The highest BCUT2D eigenvalue weighted by molar-refractivity contribution is 5.95. The molecule has 1 atom stereocenters. The minimum absolute atomic E-state index is 0.0732. The van der Waals surface area contributed by atoms with Crippen molar-refractivity contribution in [2.75, 3.05) is 25.1 Å². The Labute approximate surface area is 170 Å². The average molecular weight is 418 g/mol. The third-order valence-electron chi connectivity index (χ3n) is 4.32. The van der Waals surface area contributed by atoms with Gasteiger partial charge in [-0.3, -0.25) is 14.9 Å². The van der Waals surface area contributed by atoms with Crippen molar-refractivity contribution in [3.05, 3.63) is 64.0 Å². The van der Waals surface area contributed by atoms with Crippen molar-refractivity contribution in [2.45, 2.75) is 18.9 Å². The van der Waals surface area contributed by atoms with Gasteiger partial charge < -0.3 is 19.5 Å². The maximum atomic E-state index is 13.7. The number of carbonyl (C=O) groups is 2. The molecule has 0 saturated carbocycles. The summed E-state index contributed by atoms with van der Waals surface area (Å²) in [5.74, 6) is -1.87. The maximum absolute atomic E-state index is 13.7. The number of halogens is 1. The molecule has 1 heterocycles. The number of non-ortho nitro benzene ring substituents is 1. The lowest BCUT2D eigenvalue weighted by Crippen LogP contribution is -2.21. The van der Waals surface area contributed by atoms with Gasteiger partial charge >= 0.3 is 5.97 Å². The van der Waals surface area contributed by atoms with Crippen molar-refractivity contribution in [1.82, 2.24) is 0 Å². The van der Waals surface area contributed by atoms with Crippen molar-refractivity contribution in [2.24, 2.45) is 0 Å². The monoisotopic (exact) mass is 418 g/mol. The maximum Gasteiger partial charge on any atom is 0.338 e. The second-order valence-electron chi connectivity index (χ2n) is 6.52. The summed E-state index contributed by atoms with van der Waals surface area (Å²) in [6.45, 7) is 0.483. The molecule has 2 aromatic carbocycles. The van der Waals surface area contributed by atoms with Crippen LogP contribution in [-0.2, 0) is 14.3 Å². The van der Waals surface area contributed by atoms with Crippen molar-refractivity contribution in [3.63, 3.8) is 0 Å². The molecule has 3 rings (SSSR count). The van der Waals surface area contributed by atoms with Gasteiger partial charge in [0.05, 0.1) is 22.3 Å². The normalized spacial score (nSPS) is 15.4. The Morgan fingerprint density at radius 3 is 2.67 bits per heavy atom. The van der Waals surface area contributed by atoms with Crippen LogP contribution in [0.15, 0.2) is 42.5 Å². The second-order valence-corrected chi connectivity index (χ2v) is 6.52. The quantitative estimate of drug-likeness (QED) is 0.398. The number of nitrogens with one attached hydrogen (secondary N) is 1. The van der Waals surface area contributed by atoms with Crippen LogP contribution < -0.4 is 10.1 Å². The van der Waals surface area contributed by atoms with Gasteiger partial charge in [0.1, 0.15) is 18.2 Å². The van der Waals surface area contributed by atoms with Gasteiger partial charge in [-0.05, 0) is 43.2 Å². The lowest BCUT2D eigenvalue weighted by molar-refractivity contribution is -0.384. The third-order valence-corrected chi connectivity index (χ3v) is 4.32. The van der Waals surface area contributed by atoms with Crippen LogP contribution in [0.4, 0.5) is 15.8 Å². The van der Waals surface area contributed by atoms with Crippen LogP contribution in [0.3, 0.4) is 0 Å². The first kappa shape index (κ1) is 21.2. The second kappa shape index (κ2) is 9.79. The molecular formula is C20H19FN2O7. The molecule has 1 N–H and O–H groups in total. The van der Waals surface area contributed by atoms with E-state index in [2.05, 4.69) is 5.32 Å². The van der Waals surface area contributed by atoms with Crippen LogP contribution in [0.25, 0.3) is 0 Å². The summed E-state index contributed by atoms with van der Waals surface area (Å²) in [5, 5.41) is 12.9. The fourth-order valence-electron chi connectivity index (χ4n) is 2.78. The standard InChI is InChI=1S/C20H19FN2O7/c21-17-8-5-14(23(26)27)10-18(17)22-19(24)12-30-20(25)13-3-6-15(7-4-13)29-11-16-2-1-9-28-16/h3-8,10,16H,1-2,9,11-12H2,(H,22,24)/t16-/m1/s1. The Morgan fingerprint density at radius 2 is 2.00 bits per heavy atom.